The van der Waals surface area contributed by atoms with Gasteiger partial charge < -0.3 is 9.67 Å². The van der Waals surface area contributed by atoms with Crippen molar-refractivity contribution < 1.29 is 9.90 Å². The minimum Gasteiger partial charge on any atom is -0.480 e. The summed E-state index contributed by atoms with van der Waals surface area (Å²) in [5.41, 5.74) is 1.05. The van der Waals surface area contributed by atoms with Crippen LogP contribution in [0.2, 0.25) is 0 Å². The Labute approximate surface area is 122 Å². The molecule has 0 aliphatic rings. The first-order valence-corrected chi connectivity index (χ1v) is 7.64. The van der Waals surface area contributed by atoms with Crippen molar-refractivity contribution in [1.29, 1.82) is 0 Å². The second-order valence-corrected chi connectivity index (χ2v) is 5.65. The SMILES string of the molecule is CCn1ccnc1CSC(Cc1ccccc1)C(=O)O. The Hall–Kier alpha value is -1.75. The van der Waals surface area contributed by atoms with Crippen LogP contribution >= 0.6 is 11.8 Å². The summed E-state index contributed by atoms with van der Waals surface area (Å²) < 4.78 is 2.04. The number of thioether (sulfide) groups is 1. The first kappa shape index (κ1) is 14.7. The number of carbonyl (C=O) groups is 1. The predicted molar refractivity (Wildman–Crippen MR) is 80.8 cm³/mol. The van der Waals surface area contributed by atoms with E-state index in [4.69, 9.17) is 0 Å². The lowest BCUT2D eigenvalue weighted by Gasteiger charge is -2.12. The molecular formula is C15H18N2O2S. The van der Waals surface area contributed by atoms with Crippen molar-refractivity contribution in [3.05, 3.63) is 54.1 Å². The molecule has 0 spiro atoms. The van der Waals surface area contributed by atoms with Crippen LogP contribution in [-0.4, -0.2) is 25.9 Å². The Morgan fingerprint density at radius 1 is 1.40 bits per heavy atom. The monoisotopic (exact) mass is 290 g/mol. The Balaban J connectivity index is 1.98. The molecule has 1 heterocycles. The minimum absolute atomic E-state index is 0.445. The molecule has 0 aliphatic carbocycles. The quantitative estimate of drug-likeness (QED) is 0.852. The molecule has 1 atom stereocenters. The number of aryl methyl sites for hydroxylation is 1. The van der Waals surface area contributed by atoms with Gasteiger partial charge in [-0.15, -0.1) is 11.8 Å². The molecule has 2 rings (SSSR count). The van der Waals surface area contributed by atoms with Crippen LogP contribution in [0.4, 0.5) is 0 Å². The molecule has 20 heavy (non-hydrogen) atoms. The van der Waals surface area contributed by atoms with Gasteiger partial charge in [-0.1, -0.05) is 30.3 Å². The van der Waals surface area contributed by atoms with E-state index in [0.717, 1.165) is 17.9 Å². The molecule has 2 aromatic rings. The number of carboxylic acid groups (broad SMARTS) is 1. The Morgan fingerprint density at radius 3 is 2.80 bits per heavy atom. The van der Waals surface area contributed by atoms with Gasteiger partial charge in [-0.3, -0.25) is 4.79 Å². The number of carboxylic acids is 1. The predicted octanol–water partition coefficient (Wildman–Crippen LogP) is 2.83. The molecule has 1 aromatic carbocycles. The van der Waals surface area contributed by atoms with Gasteiger partial charge in [0.1, 0.15) is 11.1 Å². The molecule has 4 nitrogen and oxygen atoms in total. The molecule has 0 fully saturated rings. The minimum atomic E-state index is -0.770. The van der Waals surface area contributed by atoms with Crippen LogP contribution in [-0.2, 0) is 23.5 Å². The molecular weight excluding hydrogens is 272 g/mol. The molecule has 5 heteroatoms. The van der Waals surface area contributed by atoms with E-state index in [-0.39, 0.29) is 0 Å². The van der Waals surface area contributed by atoms with E-state index in [1.54, 1.807) is 6.20 Å². The highest BCUT2D eigenvalue weighted by Gasteiger charge is 2.19. The fourth-order valence-corrected chi connectivity index (χ4v) is 3.03. The molecule has 106 valence electrons. The van der Waals surface area contributed by atoms with Crippen LogP contribution in [0.15, 0.2) is 42.7 Å². The van der Waals surface area contributed by atoms with Crippen LogP contribution in [0, 0.1) is 0 Å². The zero-order chi connectivity index (χ0) is 14.4. The standard InChI is InChI=1S/C15H18N2O2S/c1-2-17-9-8-16-14(17)11-20-13(15(18)19)10-12-6-4-3-5-7-12/h3-9,13H,2,10-11H2,1H3,(H,18,19). The zero-order valence-electron chi connectivity index (χ0n) is 11.4. The van der Waals surface area contributed by atoms with Gasteiger partial charge in [0.2, 0.25) is 0 Å². The number of nitrogens with zero attached hydrogens (tertiary/aromatic N) is 2. The van der Waals surface area contributed by atoms with E-state index in [9.17, 15) is 9.90 Å². The highest BCUT2D eigenvalue weighted by molar-refractivity contribution is 7.99. The molecule has 1 aromatic heterocycles. The fourth-order valence-electron chi connectivity index (χ4n) is 1.99. The third-order valence-corrected chi connectivity index (χ3v) is 4.29. The number of imidazole rings is 1. The summed E-state index contributed by atoms with van der Waals surface area (Å²) in [6.07, 6.45) is 4.21. The average molecular weight is 290 g/mol. The van der Waals surface area contributed by atoms with Gasteiger partial charge in [0.15, 0.2) is 0 Å². The summed E-state index contributed by atoms with van der Waals surface area (Å²) in [7, 11) is 0. The Morgan fingerprint density at radius 2 is 2.15 bits per heavy atom. The van der Waals surface area contributed by atoms with E-state index in [1.165, 1.54) is 11.8 Å². The van der Waals surface area contributed by atoms with Crippen LogP contribution in [0.1, 0.15) is 18.3 Å². The van der Waals surface area contributed by atoms with Gasteiger partial charge in [0.05, 0.1) is 5.75 Å². The van der Waals surface area contributed by atoms with E-state index in [0.29, 0.717) is 12.2 Å². The van der Waals surface area contributed by atoms with Gasteiger partial charge >= 0.3 is 5.97 Å². The maximum Gasteiger partial charge on any atom is 0.316 e. The summed E-state index contributed by atoms with van der Waals surface area (Å²) in [5, 5.41) is 8.90. The van der Waals surface area contributed by atoms with Crippen LogP contribution in [0.5, 0.6) is 0 Å². The summed E-state index contributed by atoms with van der Waals surface area (Å²) in [5.74, 6) is 0.773. The topological polar surface area (TPSA) is 55.1 Å². The van der Waals surface area contributed by atoms with Crippen molar-refractivity contribution in [1.82, 2.24) is 9.55 Å². The summed E-state index contributed by atoms with van der Waals surface area (Å²) >= 11 is 1.43. The van der Waals surface area contributed by atoms with E-state index in [2.05, 4.69) is 11.9 Å². The number of hydrogen-bond donors (Lipinski definition) is 1. The van der Waals surface area contributed by atoms with Crippen molar-refractivity contribution in [3.8, 4) is 0 Å². The lowest BCUT2D eigenvalue weighted by molar-refractivity contribution is -0.136. The van der Waals surface area contributed by atoms with Gasteiger partial charge in [-0.2, -0.15) is 0 Å². The van der Waals surface area contributed by atoms with Gasteiger partial charge in [-0.05, 0) is 18.9 Å². The molecule has 0 bridgehead atoms. The van der Waals surface area contributed by atoms with Crippen molar-refractivity contribution in [2.24, 2.45) is 0 Å². The maximum absolute atomic E-state index is 11.4. The fraction of sp³-hybridized carbons (Fsp3) is 0.333. The molecule has 0 amide bonds. The van der Waals surface area contributed by atoms with Crippen LogP contribution in [0.3, 0.4) is 0 Å². The summed E-state index contributed by atoms with van der Waals surface area (Å²) in [4.78, 5) is 15.6. The van der Waals surface area contributed by atoms with Gasteiger partial charge in [0.25, 0.3) is 0 Å². The molecule has 1 unspecified atom stereocenters. The van der Waals surface area contributed by atoms with Gasteiger partial charge in [0, 0.05) is 18.9 Å². The molecule has 0 aliphatic heterocycles. The number of benzene rings is 1. The van der Waals surface area contributed by atoms with Crippen molar-refractivity contribution in [2.75, 3.05) is 0 Å². The maximum atomic E-state index is 11.4. The largest absolute Gasteiger partial charge is 0.480 e. The zero-order valence-corrected chi connectivity index (χ0v) is 12.2. The second-order valence-electron chi connectivity index (χ2n) is 4.46. The number of rotatable bonds is 7. The van der Waals surface area contributed by atoms with E-state index >= 15 is 0 Å². The van der Waals surface area contributed by atoms with Crippen molar-refractivity contribution in [3.63, 3.8) is 0 Å². The normalized spacial score (nSPS) is 12.2. The lowest BCUT2D eigenvalue weighted by Crippen LogP contribution is -2.19. The van der Waals surface area contributed by atoms with Gasteiger partial charge in [-0.25, -0.2) is 4.98 Å². The molecule has 0 saturated carbocycles. The highest BCUT2D eigenvalue weighted by Crippen LogP contribution is 2.21. The second kappa shape index (κ2) is 7.14. The summed E-state index contributed by atoms with van der Waals surface area (Å²) in [6.45, 7) is 2.90. The van der Waals surface area contributed by atoms with E-state index < -0.39 is 11.2 Å². The number of aliphatic carboxylic acids is 1. The average Bonchev–Trinajstić information content (AvgIpc) is 2.91. The lowest BCUT2D eigenvalue weighted by atomic mass is 10.1. The number of aromatic nitrogens is 2. The third-order valence-electron chi connectivity index (χ3n) is 3.10. The van der Waals surface area contributed by atoms with Crippen LogP contribution < -0.4 is 0 Å². The number of hydrogen-bond acceptors (Lipinski definition) is 3. The molecule has 1 N–H and O–H groups in total. The first-order chi connectivity index (χ1) is 9.70. The van der Waals surface area contributed by atoms with Crippen LogP contribution in [0.25, 0.3) is 0 Å². The van der Waals surface area contributed by atoms with Crippen molar-refractivity contribution >= 4 is 17.7 Å². The highest BCUT2D eigenvalue weighted by atomic mass is 32.2. The first-order valence-electron chi connectivity index (χ1n) is 6.59. The Bertz CT molecular complexity index is 554. The van der Waals surface area contributed by atoms with Crippen molar-refractivity contribution in [2.45, 2.75) is 30.9 Å². The Kier molecular flexibility index (Phi) is 5.24. The summed E-state index contributed by atoms with van der Waals surface area (Å²) in [6, 6.07) is 9.73. The molecule has 0 radical (unpaired) electrons. The third kappa shape index (κ3) is 3.87. The van der Waals surface area contributed by atoms with E-state index in [1.807, 2.05) is 41.1 Å². The smallest absolute Gasteiger partial charge is 0.316 e. The molecule has 0 saturated heterocycles.